The van der Waals surface area contributed by atoms with Gasteiger partial charge in [0, 0.05) is 23.5 Å². The van der Waals surface area contributed by atoms with Gasteiger partial charge in [0.1, 0.15) is 5.82 Å². The predicted octanol–water partition coefficient (Wildman–Crippen LogP) is 3.14. The summed E-state index contributed by atoms with van der Waals surface area (Å²) in [6, 6.07) is 8.07. The highest BCUT2D eigenvalue weighted by atomic mass is 79.9. The van der Waals surface area contributed by atoms with Gasteiger partial charge < -0.3 is 10.6 Å². The Labute approximate surface area is 131 Å². The van der Waals surface area contributed by atoms with Gasteiger partial charge in [-0.2, -0.15) is 15.0 Å². The number of thioether (sulfide) groups is 1. The Balaban J connectivity index is 2.25. The number of nitrogens with two attached hydrogens (primary N) is 1. The first-order valence-corrected chi connectivity index (χ1v) is 7.74. The fourth-order valence-electron chi connectivity index (χ4n) is 1.56. The summed E-state index contributed by atoms with van der Waals surface area (Å²) in [7, 11) is 3.76. The monoisotopic (exact) mass is 353 g/mol. The van der Waals surface area contributed by atoms with Gasteiger partial charge in [-0.25, -0.2) is 0 Å². The summed E-state index contributed by atoms with van der Waals surface area (Å²) in [6.07, 6.45) is 0. The van der Waals surface area contributed by atoms with E-state index in [1.54, 1.807) is 11.8 Å². The van der Waals surface area contributed by atoms with E-state index >= 15 is 0 Å². The van der Waals surface area contributed by atoms with Gasteiger partial charge in [-0.1, -0.05) is 12.1 Å². The molecule has 1 atom stereocenters. The number of halogens is 1. The highest BCUT2D eigenvalue weighted by molar-refractivity contribution is 9.10. The molecule has 106 valence electrons. The summed E-state index contributed by atoms with van der Waals surface area (Å²) >= 11 is 5.22. The molecule has 1 heterocycles. The minimum absolute atomic E-state index is 0.0812. The maximum Gasteiger partial charge on any atom is 0.229 e. The molecule has 20 heavy (non-hydrogen) atoms. The van der Waals surface area contributed by atoms with Crippen LogP contribution in [0.3, 0.4) is 0 Å². The lowest BCUT2D eigenvalue weighted by Crippen LogP contribution is -2.16. The van der Waals surface area contributed by atoms with Crippen molar-refractivity contribution in [2.24, 2.45) is 0 Å². The van der Waals surface area contributed by atoms with Gasteiger partial charge in [0.25, 0.3) is 0 Å². The van der Waals surface area contributed by atoms with Gasteiger partial charge in [0.15, 0.2) is 0 Å². The average Bonchev–Trinajstić information content (AvgIpc) is 2.40. The van der Waals surface area contributed by atoms with E-state index in [0.29, 0.717) is 11.8 Å². The van der Waals surface area contributed by atoms with Crippen LogP contribution in [0.4, 0.5) is 11.9 Å². The van der Waals surface area contributed by atoms with Gasteiger partial charge >= 0.3 is 0 Å². The molecule has 7 heteroatoms. The van der Waals surface area contributed by atoms with Crippen molar-refractivity contribution in [2.45, 2.75) is 17.1 Å². The van der Waals surface area contributed by atoms with E-state index in [-0.39, 0.29) is 11.2 Å². The molecule has 1 aromatic heterocycles. The zero-order valence-electron chi connectivity index (χ0n) is 11.5. The normalized spacial score (nSPS) is 12.2. The molecule has 2 rings (SSSR count). The van der Waals surface area contributed by atoms with Gasteiger partial charge in [0.2, 0.25) is 11.9 Å². The van der Waals surface area contributed by atoms with Crippen LogP contribution in [0, 0.1) is 0 Å². The van der Waals surface area contributed by atoms with Gasteiger partial charge in [-0.3, -0.25) is 0 Å². The number of nitrogen functional groups attached to an aromatic ring is 1. The molecule has 0 amide bonds. The van der Waals surface area contributed by atoms with Crippen molar-refractivity contribution in [3.63, 3.8) is 0 Å². The lowest BCUT2D eigenvalue weighted by atomic mass is 10.4. The lowest BCUT2D eigenvalue weighted by molar-refractivity contribution is 0.865. The Morgan fingerprint density at radius 2 is 1.90 bits per heavy atom. The third kappa shape index (κ3) is 3.61. The van der Waals surface area contributed by atoms with Crippen LogP contribution >= 0.6 is 27.7 Å². The molecule has 0 bridgehead atoms. The highest BCUT2D eigenvalue weighted by Gasteiger charge is 2.15. The third-order valence-corrected chi connectivity index (χ3v) is 4.69. The molecular weight excluding hydrogens is 338 g/mol. The Hall–Kier alpha value is -1.34. The van der Waals surface area contributed by atoms with Gasteiger partial charge in [-0.15, -0.1) is 11.8 Å². The molecule has 1 aromatic carbocycles. The number of hydrogen-bond donors (Lipinski definition) is 1. The van der Waals surface area contributed by atoms with Crippen molar-refractivity contribution >= 4 is 39.6 Å². The molecule has 0 fully saturated rings. The summed E-state index contributed by atoms with van der Waals surface area (Å²) in [6.45, 7) is 2.05. The summed E-state index contributed by atoms with van der Waals surface area (Å²) in [5.74, 6) is 1.51. The van der Waals surface area contributed by atoms with Crippen LogP contribution in [0.5, 0.6) is 0 Å². The Bertz CT molecular complexity index is 605. The van der Waals surface area contributed by atoms with Crippen molar-refractivity contribution in [1.29, 1.82) is 0 Å². The van der Waals surface area contributed by atoms with Crippen molar-refractivity contribution in [2.75, 3.05) is 24.7 Å². The standard InChI is InChI=1S/C13H16BrN5S/c1-8(20-10-7-5-4-6-9(10)14)11-16-12(15)18-13(17-11)19(2)3/h4-8H,1-3H3,(H2,15,16,17,18). The molecule has 5 nitrogen and oxygen atoms in total. The summed E-state index contributed by atoms with van der Waals surface area (Å²) < 4.78 is 1.06. The molecule has 0 spiro atoms. The average molecular weight is 354 g/mol. The number of hydrogen-bond acceptors (Lipinski definition) is 6. The molecule has 0 aliphatic rings. The second kappa shape index (κ2) is 6.41. The summed E-state index contributed by atoms with van der Waals surface area (Å²) in [5.41, 5.74) is 5.75. The Morgan fingerprint density at radius 3 is 2.55 bits per heavy atom. The molecule has 0 aliphatic carbocycles. The Kier molecular flexibility index (Phi) is 4.82. The highest BCUT2D eigenvalue weighted by Crippen LogP contribution is 2.37. The molecule has 0 radical (unpaired) electrons. The van der Waals surface area contributed by atoms with Crippen LogP contribution in [0.2, 0.25) is 0 Å². The number of benzene rings is 1. The fourth-order valence-corrected chi connectivity index (χ4v) is 3.06. The minimum Gasteiger partial charge on any atom is -0.368 e. The van der Waals surface area contributed by atoms with Crippen molar-refractivity contribution in [3.05, 3.63) is 34.6 Å². The zero-order chi connectivity index (χ0) is 14.7. The number of aromatic nitrogens is 3. The number of anilines is 2. The predicted molar refractivity (Wildman–Crippen MR) is 87.0 cm³/mol. The first kappa shape index (κ1) is 15.1. The van der Waals surface area contributed by atoms with Crippen LogP contribution < -0.4 is 10.6 Å². The fraction of sp³-hybridized carbons (Fsp3) is 0.308. The van der Waals surface area contributed by atoms with E-state index in [4.69, 9.17) is 5.73 Å². The maximum absolute atomic E-state index is 5.75. The van der Waals surface area contributed by atoms with Crippen LogP contribution in [-0.4, -0.2) is 29.0 Å². The number of nitrogens with zero attached hydrogens (tertiary/aromatic N) is 4. The molecule has 0 saturated carbocycles. The van der Waals surface area contributed by atoms with Crippen LogP contribution in [0.1, 0.15) is 18.0 Å². The van der Waals surface area contributed by atoms with E-state index in [1.165, 1.54) is 0 Å². The van der Waals surface area contributed by atoms with Crippen molar-refractivity contribution in [1.82, 2.24) is 15.0 Å². The maximum atomic E-state index is 5.75. The molecule has 2 aromatic rings. The first-order valence-electron chi connectivity index (χ1n) is 6.07. The molecule has 0 aliphatic heterocycles. The molecule has 0 saturated heterocycles. The van der Waals surface area contributed by atoms with E-state index in [1.807, 2.05) is 37.2 Å². The van der Waals surface area contributed by atoms with E-state index in [2.05, 4.69) is 43.9 Å². The lowest BCUT2D eigenvalue weighted by Gasteiger charge is -2.15. The topological polar surface area (TPSA) is 67.9 Å². The van der Waals surface area contributed by atoms with E-state index in [0.717, 1.165) is 9.37 Å². The third-order valence-electron chi connectivity index (χ3n) is 2.56. The summed E-state index contributed by atoms with van der Waals surface area (Å²) in [5, 5.41) is 0.0812. The van der Waals surface area contributed by atoms with Crippen LogP contribution in [-0.2, 0) is 0 Å². The largest absolute Gasteiger partial charge is 0.368 e. The Morgan fingerprint density at radius 1 is 1.20 bits per heavy atom. The van der Waals surface area contributed by atoms with Gasteiger partial charge in [0.05, 0.1) is 5.25 Å². The number of rotatable bonds is 4. The SMILES string of the molecule is CC(Sc1ccccc1Br)c1nc(N)nc(N(C)C)n1. The second-order valence-electron chi connectivity index (χ2n) is 4.44. The van der Waals surface area contributed by atoms with E-state index in [9.17, 15) is 0 Å². The molecular formula is C13H16BrN5S. The molecule has 1 unspecified atom stereocenters. The van der Waals surface area contributed by atoms with Crippen LogP contribution in [0.15, 0.2) is 33.6 Å². The summed E-state index contributed by atoms with van der Waals surface area (Å²) in [4.78, 5) is 15.7. The van der Waals surface area contributed by atoms with Crippen molar-refractivity contribution < 1.29 is 0 Å². The molecule has 2 N–H and O–H groups in total. The van der Waals surface area contributed by atoms with Gasteiger partial charge in [-0.05, 0) is 35.0 Å². The quantitative estimate of drug-likeness (QED) is 0.851. The van der Waals surface area contributed by atoms with Crippen molar-refractivity contribution in [3.8, 4) is 0 Å². The van der Waals surface area contributed by atoms with E-state index < -0.39 is 0 Å². The minimum atomic E-state index is 0.0812. The van der Waals surface area contributed by atoms with Crippen LogP contribution in [0.25, 0.3) is 0 Å². The second-order valence-corrected chi connectivity index (χ2v) is 6.67. The first-order chi connectivity index (χ1) is 9.47. The smallest absolute Gasteiger partial charge is 0.229 e. The zero-order valence-corrected chi connectivity index (χ0v) is 13.9.